The van der Waals surface area contributed by atoms with Crippen LogP contribution < -0.4 is 11.1 Å². The number of nitrogens with one attached hydrogen (secondary N) is 1. The van der Waals surface area contributed by atoms with Crippen LogP contribution in [0.2, 0.25) is 0 Å². The fourth-order valence-electron chi connectivity index (χ4n) is 1.46. The van der Waals surface area contributed by atoms with Gasteiger partial charge in [0.2, 0.25) is 0 Å². The lowest BCUT2D eigenvalue weighted by molar-refractivity contribution is 0.531. The molecule has 86 valence electrons. The molecule has 0 aliphatic heterocycles. The number of rotatable bonds is 10. The van der Waals surface area contributed by atoms with E-state index in [-0.39, 0.29) is 0 Å². The van der Waals surface area contributed by atoms with Gasteiger partial charge >= 0.3 is 0 Å². The van der Waals surface area contributed by atoms with Crippen LogP contribution in [0.3, 0.4) is 0 Å². The minimum Gasteiger partial charge on any atom is -0.327 e. The van der Waals surface area contributed by atoms with E-state index in [1.54, 1.807) is 0 Å². The largest absolute Gasteiger partial charge is 0.327 e. The van der Waals surface area contributed by atoms with Crippen molar-refractivity contribution in [2.24, 2.45) is 5.73 Å². The first-order chi connectivity index (χ1) is 6.81. The number of hydrogen-bond donors (Lipinski definition) is 2. The van der Waals surface area contributed by atoms with Gasteiger partial charge in [0.15, 0.2) is 0 Å². The first kappa shape index (κ1) is 13.9. The molecule has 1 unspecified atom stereocenters. The summed E-state index contributed by atoms with van der Waals surface area (Å²) < 4.78 is 0. The summed E-state index contributed by atoms with van der Waals surface area (Å²) in [5.41, 5.74) is 5.79. The molecule has 0 aromatic heterocycles. The van der Waals surface area contributed by atoms with Gasteiger partial charge in [0.25, 0.3) is 0 Å². The molecule has 0 aliphatic carbocycles. The maximum atomic E-state index is 5.79. The first-order valence-electron chi connectivity index (χ1n) is 6.27. The fraction of sp³-hybridized carbons (Fsp3) is 1.00. The van der Waals surface area contributed by atoms with Crippen LogP contribution >= 0.6 is 0 Å². The Hall–Kier alpha value is -0.0800. The Morgan fingerprint density at radius 3 is 2.29 bits per heavy atom. The molecule has 3 N–H and O–H groups in total. The Balaban J connectivity index is 2.92. The van der Waals surface area contributed by atoms with E-state index in [4.69, 9.17) is 5.73 Å². The van der Waals surface area contributed by atoms with Gasteiger partial charge in [0.05, 0.1) is 0 Å². The van der Waals surface area contributed by atoms with E-state index in [0.29, 0.717) is 6.04 Å². The van der Waals surface area contributed by atoms with Gasteiger partial charge in [-0.3, -0.25) is 0 Å². The molecule has 2 nitrogen and oxygen atoms in total. The van der Waals surface area contributed by atoms with E-state index >= 15 is 0 Å². The van der Waals surface area contributed by atoms with Crippen molar-refractivity contribution in [3.8, 4) is 0 Å². The van der Waals surface area contributed by atoms with Gasteiger partial charge in [-0.05, 0) is 19.4 Å². The predicted octanol–water partition coefficient (Wildman–Crippen LogP) is 2.67. The van der Waals surface area contributed by atoms with Crippen LogP contribution in [0, 0.1) is 0 Å². The van der Waals surface area contributed by atoms with E-state index in [2.05, 4.69) is 19.2 Å². The topological polar surface area (TPSA) is 38.0 Å². The zero-order chi connectivity index (χ0) is 10.6. The van der Waals surface area contributed by atoms with Crippen LogP contribution in [-0.4, -0.2) is 19.1 Å². The highest BCUT2D eigenvalue weighted by Gasteiger charge is 1.96. The van der Waals surface area contributed by atoms with Crippen LogP contribution in [0.25, 0.3) is 0 Å². The lowest BCUT2D eigenvalue weighted by Gasteiger charge is -2.09. The Morgan fingerprint density at radius 1 is 1.00 bits per heavy atom. The van der Waals surface area contributed by atoms with Gasteiger partial charge in [0, 0.05) is 12.6 Å². The molecular formula is C12H28N2. The highest BCUT2D eigenvalue weighted by Crippen LogP contribution is 2.03. The predicted molar refractivity (Wildman–Crippen MR) is 64.5 cm³/mol. The van der Waals surface area contributed by atoms with Gasteiger partial charge < -0.3 is 11.1 Å². The standard InChI is InChI=1S/C12H28N2/c1-3-5-6-7-8-9-10-14-11-12(13)4-2/h12,14H,3-11,13H2,1-2H3. The molecule has 1 atom stereocenters. The van der Waals surface area contributed by atoms with Crippen LogP contribution in [0.5, 0.6) is 0 Å². The molecule has 0 spiro atoms. The molecule has 0 fully saturated rings. The maximum Gasteiger partial charge on any atom is 0.0162 e. The second kappa shape index (κ2) is 11.0. The second-order valence-corrected chi connectivity index (χ2v) is 4.14. The van der Waals surface area contributed by atoms with Crippen molar-refractivity contribution in [1.29, 1.82) is 0 Å². The van der Waals surface area contributed by atoms with E-state index in [0.717, 1.165) is 19.5 Å². The number of hydrogen-bond acceptors (Lipinski definition) is 2. The molecular weight excluding hydrogens is 172 g/mol. The summed E-state index contributed by atoms with van der Waals surface area (Å²) >= 11 is 0. The van der Waals surface area contributed by atoms with E-state index in [1.807, 2.05) is 0 Å². The molecule has 0 aromatic carbocycles. The number of nitrogens with two attached hydrogens (primary N) is 1. The van der Waals surface area contributed by atoms with Crippen LogP contribution in [0.1, 0.15) is 58.8 Å². The molecule has 0 aliphatic rings. The third-order valence-corrected chi connectivity index (χ3v) is 2.64. The zero-order valence-corrected chi connectivity index (χ0v) is 10.0. The lowest BCUT2D eigenvalue weighted by Crippen LogP contribution is -2.33. The Labute approximate surface area is 89.6 Å². The molecule has 0 amide bonds. The van der Waals surface area contributed by atoms with Gasteiger partial charge in [-0.1, -0.05) is 46.0 Å². The van der Waals surface area contributed by atoms with Crippen molar-refractivity contribution >= 4 is 0 Å². The monoisotopic (exact) mass is 200 g/mol. The maximum absolute atomic E-state index is 5.79. The third kappa shape index (κ3) is 10.0. The van der Waals surface area contributed by atoms with Gasteiger partial charge in [-0.25, -0.2) is 0 Å². The van der Waals surface area contributed by atoms with E-state index in [1.165, 1.54) is 38.5 Å². The quantitative estimate of drug-likeness (QED) is 0.532. The summed E-state index contributed by atoms with van der Waals surface area (Å²) in [4.78, 5) is 0. The van der Waals surface area contributed by atoms with Crippen molar-refractivity contribution in [3.05, 3.63) is 0 Å². The minimum atomic E-state index is 0.343. The molecule has 0 bridgehead atoms. The normalized spacial score (nSPS) is 13.1. The van der Waals surface area contributed by atoms with Crippen molar-refractivity contribution in [2.75, 3.05) is 13.1 Å². The molecule has 2 heteroatoms. The summed E-state index contributed by atoms with van der Waals surface area (Å²) in [6, 6.07) is 0.343. The molecule has 14 heavy (non-hydrogen) atoms. The van der Waals surface area contributed by atoms with Crippen molar-refractivity contribution in [2.45, 2.75) is 64.8 Å². The first-order valence-corrected chi connectivity index (χ1v) is 6.27. The van der Waals surface area contributed by atoms with Crippen LogP contribution in [0.4, 0.5) is 0 Å². The van der Waals surface area contributed by atoms with E-state index < -0.39 is 0 Å². The molecule has 0 saturated heterocycles. The summed E-state index contributed by atoms with van der Waals surface area (Å²) in [6.07, 6.45) is 9.29. The molecule has 0 aromatic rings. The highest BCUT2D eigenvalue weighted by atomic mass is 14.9. The third-order valence-electron chi connectivity index (χ3n) is 2.64. The zero-order valence-electron chi connectivity index (χ0n) is 10.0. The summed E-state index contributed by atoms with van der Waals surface area (Å²) in [5.74, 6) is 0. The van der Waals surface area contributed by atoms with E-state index in [9.17, 15) is 0 Å². The molecule has 0 saturated carbocycles. The van der Waals surface area contributed by atoms with Crippen LogP contribution in [0.15, 0.2) is 0 Å². The Kier molecular flexibility index (Phi) is 10.9. The smallest absolute Gasteiger partial charge is 0.0162 e. The number of unbranched alkanes of at least 4 members (excludes halogenated alkanes) is 5. The van der Waals surface area contributed by atoms with Crippen molar-refractivity contribution < 1.29 is 0 Å². The average Bonchev–Trinajstić information content (AvgIpc) is 2.21. The Morgan fingerprint density at radius 2 is 1.64 bits per heavy atom. The van der Waals surface area contributed by atoms with Crippen molar-refractivity contribution in [1.82, 2.24) is 5.32 Å². The second-order valence-electron chi connectivity index (χ2n) is 4.14. The Bertz CT molecular complexity index is 104. The summed E-state index contributed by atoms with van der Waals surface area (Å²) in [7, 11) is 0. The molecule has 0 heterocycles. The SMILES string of the molecule is CCCCCCCCNCC(N)CC. The van der Waals surface area contributed by atoms with Crippen LogP contribution in [-0.2, 0) is 0 Å². The lowest BCUT2D eigenvalue weighted by atomic mass is 10.1. The van der Waals surface area contributed by atoms with Gasteiger partial charge in [-0.2, -0.15) is 0 Å². The summed E-state index contributed by atoms with van der Waals surface area (Å²) in [6.45, 7) is 6.51. The van der Waals surface area contributed by atoms with Crippen molar-refractivity contribution in [3.63, 3.8) is 0 Å². The highest BCUT2D eigenvalue weighted by molar-refractivity contribution is 4.61. The fourth-order valence-corrected chi connectivity index (χ4v) is 1.46. The minimum absolute atomic E-state index is 0.343. The molecule has 0 rings (SSSR count). The van der Waals surface area contributed by atoms with Gasteiger partial charge in [-0.15, -0.1) is 0 Å². The summed E-state index contributed by atoms with van der Waals surface area (Å²) in [5, 5.41) is 3.40. The molecule has 0 radical (unpaired) electrons. The van der Waals surface area contributed by atoms with Gasteiger partial charge in [0.1, 0.15) is 0 Å². The average molecular weight is 200 g/mol.